The Morgan fingerprint density at radius 2 is 1.97 bits per heavy atom. The van der Waals surface area contributed by atoms with Crippen molar-refractivity contribution in [1.29, 1.82) is 0 Å². The molecule has 0 radical (unpaired) electrons. The molecule has 1 aromatic carbocycles. The van der Waals surface area contributed by atoms with E-state index in [0.29, 0.717) is 10.9 Å². The van der Waals surface area contributed by atoms with Gasteiger partial charge in [0.25, 0.3) is 5.69 Å². The molecule has 11 heteroatoms. The highest BCUT2D eigenvalue weighted by Crippen LogP contribution is 2.42. The number of pyridine rings is 1. The first-order valence-electron chi connectivity index (χ1n) is 12.7. The fourth-order valence-corrected chi connectivity index (χ4v) is 5.81. The second-order valence-electron chi connectivity index (χ2n) is 9.55. The molecule has 0 spiro atoms. The second-order valence-corrected chi connectivity index (χ2v) is 9.94. The number of hydrogen-bond acceptors (Lipinski definition) is 7. The number of ether oxygens (including phenoxy) is 2. The topological polar surface area (TPSA) is 97.9 Å². The molecule has 5 rings (SSSR count). The van der Waals surface area contributed by atoms with Gasteiger partial charge in [0.2, 0.25) is 0 Å². The van der Waals surface area contributed by atoms with Crippen molar-refractivity contribution in [2.24, 2.45) is 0 Å². The summed E-state index contributed by atoms with van der Waals surface area (Å²) in [6.07, 6.45) is 1.80. The molecule has 3 aromatic rings. The van der Waals surface area contributed by atoms with Crippen LogP contribution in [0.3, 0.4) is 0 Å². The van der Waals surface area contributed by atoms with E-state index in [1.165, 1.54) is 19.2 Å². The van der Waals surface area contributed by atoms with Gasteiger partial charge >= 0.3 is 0 Å². The summed E-state index contributed by atoms with van der Waals surface area (Å²) >= 11 is 5.87. The van der Waals surface area contributed by atoms with Gasteiger partial charge in [-0.2, -0.15) is 0 Å². The van der Waals surface area contributed by atoms with Crippen molar-refractivity contribution in [3.63, 3.8) is 0 Å². The van der Waals surface area contributed by atoms with E-state index < -0.39 is 4.92 Å². The van der Waals surface area contributed by atoms with Crippen LogP contribution in [0.4, 0.5) is 5.69 Å². The number of aryl methyl sites for hydroxylation is 1. The van der Waals surface area contributed by atoms with E-state index in [2.05, 4.69) is 37.7 Å². The third-order valence-electron chi connectivity index (χ3n) is 7.36. The molecular formula is C27H32N6O4S. The number of non-ortho nitro benzene ring substituents is 1. The predicted octanol–water partition coefficient (Wildman–Crippen LogP) is 3.71. The van der Waals surface area contributed by atoms with Crippen LogP contribution in [-0.4, -0.2) is 75.9 Å². The maximum Gasteiger partial charge on any atom is 0.273 e. The number of hydrogen-bond donors (Lipinski definition) is 1. The number of aromatic nitrogens is 2. The lowest BCUT2D eigenvalue weighted by molar-refractivity contribution is -0.384. The Labute approximate surface area is 227 Å². The number of morpholine rings is 1. The van der Waals surface area contributed by atoms with E-state index in [0.717, 1.165) is 67.7 Å². The smallest absolute Gasteiger partial charge is 0.273 e. The van der Waals surface area contributed by atoms with Gasteiger partial charge in [-0.15, -0.1) is 0 Å². The number of nitrogens with zero attached hydrogens (tertiary/aromatic N) is 5. The number of thiocarbonyl (C=S) groups is 1. The summed E-state index contributed by atoms with van der Waals surface area (Å²) in [4.78, 5) is 20.3. The largest absolute Gasteiger partial charge is 0.494 e. The molecule has 0 amide bonds. The van der Waals surface area contributed by atoms with E-state index in [1.807, 2.05) is 25.1 Å². The third-order valence-corrected chi connectivity index (χ3v) is 7.71. The molecule has 38 heavy (non-hydrogen) atoms. The third kappa shape index (κ3) is 4.96. The zero-order chi connectivity index (χ0) is 26.8. The van der Waals surface area contributed by atoms with Crippen LogP contribution in [-0.2, 0) is 4.74 Å². The van der Waals surface area contributed by atoms with Crippen LogP contribution in [0.15, 0.2) is 48.7 Å². The van der Waals surface area contributed by atoms with Gasteiger partial charge in [0, 0.05) is 49.8 Å². The Morgan fingerprint density at radius 1 is 1.18 bits per heavy atom. The molecular weight excluding hydrogens is 504 g/mol. The highest BCUT2D eigenvalue weighted by molar-refractivity contribution is 7.80. The van der Waals surface area contributed by atoms with Crippen LogP contribution in [0.2, 0.25) is 0 Å². The summed E-state index contributed by atoms with van der Waals surface area (Å²) in [6.45, 7) is 9.08. The molecule has 0 saturated carbocycles. The second kappa shape index (κ2) is 11.1. The number of methoxy groups -OCH3 is 1. The van der Waals surface area contributed by atoms with E-state index in [9.17, 15) is 10.1 Å². The lowest BCUT2D eigenvalue weighted by Crippen LogP contribution is -2.42. The summed E-state index contributed by atoms with van der Waals surface area (Å²) in [6, 6.07) is 12.6. The van der Waals surface area contributed by atoms with Crippen LogP contribution in [0.25, 0.3) is 5.69 Å². The van der Waals surface area contributed by atoms with Gasteiger partial charge in [-0.25, -0.2) is 0 Å². The lowest BCUT2D eigenvalue weighted by Gasteiger charge is -2.32. The SMILES string of the molecule is COc1cc([N+](=O)[O-])ccc1-n1c(C)cc([C@H]2[C@@H](c3ccccn3)NC(=S)N2CCN2CCOCC2)c1C. The van der Waals surface area contributed by atoms with Gasteiger partial charge in [-0.3, -0.25) is 20.0 Å². The van der Waals surface area contributed by atoms with Crippen LogP contribution in [0, 0.1) is 24.0 Å². The van der Waals surface area contributed by atoms with Gasteiger partial charge in [0.1, 0.15) is 5.75 Å². The molecule has 2 aromatic heterocycles. The molecule has 10 nitrogen and oxygen atoms in total. The molecule has 2 atom stereocenters. The monoisotopic (exact) mass is 536 g/mol. The maximum atomic E-state index is 11.3. The molecule has 2 saturated heterocycles. The Hall–Kier alpha value is -3.54. The summed E-state index contributed by atoms with van der Waals surface area (Å²) < 4.78 is 13.2. The summed E-state index contributed by atoms with van der Waals surface area (Å²) in [5, 5.41) is 15.6. The van der Waals surface area contributed by atoms with Crippen LogP contribution in [0.1, 0.15) is 34.7 Å². The minimum atomic E-state index is -0.415. The zero-order valence-corrected chi connectivity index (χ0v) is 22.6. The average molecular weight is 537 g/mol. The minimum absolute atomic E-state index is 0.0110. The predicted molar refractivity (Wildman–Crippen MR) is 148 cm³/mol. The molecule has 200 valence electrons. The van der Waals surface area contributed by atoms with E-state index in [4.69, 9.17) is 21.7 Å². The molecule has 2 fully saturated rings. The van der Waals surface area contributed by atoms with Gasteiger partial charge in [-0.05, 0) is 55.9 Å². The number of nitro groups is 1. The minimum Gasteiger partial charge on any atom is -0.494 e. The Morgan fingerprint density at radius 3 is 2.66 bits per heavy atom. The highest BCUT2D eigenvalue weighted by Gasteiger charge is 2.41. The fraction of sp³-hybridized carbons (Fsp3) is 0.407. The Balaban J connectivity index is 1.55. The quantitative estimate of drug-likeness (QED) is 0.262. The van der Waals surface area contributed by atoms with E-state index >= 15 is 0 Å². The normalized spacial score (nSPS) is 20.0. The fourth-order valence-electron chi connectivity index (χ4n) is 5.48. The summed E-state index contributed by atoms with van der Waals surface area (Å²) in [5.74, 6) is 0.443. The van der Waals surface area contributed by atoms with Gasteiger partial charge < -0.3 is 24.3 Å². The average Bonchev–Trinajstić information content (AvgIpc) is 3.42. The number of nitro benzene ring substituents is 1. The first kappa shape index (κ1) is 26.1. The summed E-state index contributed by atoms with van der Waals surface area (Å²) in [7, 11) is 1.53. The van der Waals surface area contributed by atoms with Crippen molar-refractivity contribution in [3.8, 4) is 11.4 Å². The first-order chi connectivity index (χ1) is 18.4. The van der Waals surface area contributed by atoms with Crippen molar-refractivity contribution in [1.82, 2.24) is 24.7 Å². The van der Waals surface area contributed by atoms with Crippen molar-refractivity contribution in [3.05, 3.63) is 81.4 Å². The maximum absolute atomic E-state index is 11.3. The zero-order valence-electron chi connectivity index (χ0n) is 21.8. The molecule has 0 aliphatic carbocycles. The molecule has 0 bridgehead atoms. The summed E-state index contributed by atoms with van der Waals surface area (Å²) in [5.41, 5.74) is 4.79. The van der Waals surface area contributed by atoms with Crippen LogP contribution in [0.5, 0.6) is 5.75 Å². The molecule has 2 aliphatic rings. The lowest BCUT2D eigenvalue weighted by atomic mass is 9.96. The molecule has 0 unspecified atom stereocenters. The molecule has 2 aliphatic heterocycles. The van der Waals surface area contributed by atoms with Crippen LogP contribution >= 0.6 is 12.2 Å². The van der Waals surface area contributed by atoms with Crippen molar-refractivity contribution >= 4 is 23.0 Å². The van der Waals surface area contributed by atoms with E-state index in [1.54, 1.807) is 12.3 Å². The highest BCUT2D eigenvalue weighted by atomic mass is 32.1. The van der Waals surface area contributed by atoms with Crippen molar-refractivity contribution < 1.29 is 14.4 Å². The van der Waals surface area contributed by atoms with Gasteiger partial charge in [-0.1, -0.05) is 6.07 Å². The van der Waals surface area contributed by atoms with Gasteiger partial charge in [0.05, 0.1) is 54.8 Å². The number of nitrogens with one attached hydrogen (secondary N) is 1. The Kier molecular flexibility index (Phi) is 7.59. The van der Waals surface area contributed by atoms with Gasteiger partial charge in [0.15, 0.2) is 5.11 Å². The van der Waals surface area contributed by atoms with Crippen molar-refractivity contribution in [2.75, 3.05) is 46.5 Å². The first-order valence-corrected chi connectivity index (χ1v) is 13.1. The number of rotatable bonds is 8. The van der Waals surface area contributed by atoms with Crippen molar-refractivity contribution in [2.45, 2.75) is 25.9 Å². The molecule has 4 heterocycles. The molecule has 1 N–H and O–H groups in total. The van der Waals surface area contributed by atoms with Crippen LogP contribution < -0.4 is 10.1 Å². The van der Waals surface area contributed by atoms with E-state index in [-0.39, 0.29) is 17.8 Å². The number of benzene rings is 1. The standard InChI is InChI=1S/C27H32N6O4S/c1-18-16-21(19(2)32(18)23-8-7-20(33(34)35)17-24(23)36-3)26-25(22-6-4-5-9-28-22)29-27(38)31(26)11-10-30-12-14-37-15-13-30/h4-9,16-17,25-26H,10-15H2,1-3H3,(H,29,38)/t25-,26+/m1/s1. The Bertz CT molecular complexity index is 1320.